The Morgan fingerprint density at radius 1 is 1.26 bits per heavy atom. The van der Waals surface area contributed by atoms with Gasteiger partial charge < -0.3 is 19.9 Å². The van der Waals surface area contributed by atoms with Crippen molar-refractivity contribution in [2.45, 2.75) is 26.8 Å². The third-order valence-corrected chi connectivity index (χ3v) is 4.65. The number of halogens is 2. The van der Waals surface area contributed by atoms with Gasteiger partial charge in [0.15, 0.2) is 11.6 Å². The van der Waals surface area contributed by atoms with Gasteiger partial charge in [-0.05, 0) is 50.6 Å². The van der Waals surface area contributed by atoms with Crippen LogP contribution in [-0.2, 0) is 14.3 Å². The van der Waals surface area contributed by atoms with Crippen molar-refractivity contribution in [2.24, 2.45) is 0 Å². The monoisotopic (exact) mass is 430 g/mol. The van der Waals surface area contributed by atoms with E-state index in [9.17, 15) is 23.6 Å². The molecule has 2 aromatic rings. The third kappa shape index (κ3) is 5.99. The van der Waals surface area contributed by atoms with Crippen LogP contribution in [-0.4, -0.2) is 36.6 Å². The summed E-state index contributed by atoms with van der Waals surface area (Å²) in [7, 11) is 1.62. The minimum Gasteiger partial charge on any atom is -0.383 e. The van der Waals surface area contributed by atoms with Crippen LogP contribution in [0.25, 0.3) is 6.08 Å². The zero-order valence-electron chi connectivity index (χ0n) is 17.8. The molecular weight excluding hydrogens is 406 g/mol. The molecule has 0 bridgehead atoms. The zero-order valence-corrected chi connectivity index (χ0v) is 17.8. The summed E-state index contributed by atoms with van der Waals surface area (Å²) >= 11 is 0. The number of hydrogen-bond donors (Lipinski definition) is 2. The van der Waals surface area contributed by atoms with Gasteiger partial charge in [-0.2, -0.15) is 5.26 Å². The van der Waals surface area contributed by atoms with Crippen LogP contribution in [0, 0.1) is 36.8 Å². The van der Waals surface area contributed by atoms with Gasteiger partial charge in [0.25, 0.3) is 5.91 Å². The van der Waals surface area contributed by atoms with Crippen LogP contribution in [0.4, 0.5) is 14.5 Å². The van der Waals surface area contributed by atoms with Crippen molar-refractivity contribution in [3.63, 3.8) is 0 Å². The molecule has 9 heteroatoms. The molecule has 1 aromatic heterocycles. The Bertz CT molecular complexity index is 1050. The van der Waals surface area contributed by atoms with Crippen LogP contribution in [0.15, 0.2) is 29.8 Å². The fourth-order valence-corrected chi connectivity index (χ4v) is 3.28. The molecule has 0 saturated heterocycles. The molecule has 31 heavy (non-hydrogen) atoms. The van der Waals surface area contributed by atoms with Crippen molar-refractivity contribution in [1.29, 1.82) is 5.26 Å². The second-order valence-electron chi connectivity index (χ2n) is 7.03. The highest BCUT2D eigenvalue weighted by molar-refractivity contribution is 6.04. The van der Waals surface area contributed by atoms with Gasteiger partial charge in [-0.1, -0.05) is 0 Å². The van der Waals surface area contributed by atoms with E-state index >= 15 is 0 Å². The average Bonchev–Trinajstić information content (AvgIpc) is 3.00. The molecule has 0 aliphatic carbocycles. The van der Waals surface area contributed by atoms with Crippen LogP contribution in [0.2, 0.25) is 0 Å². The highest BCUT2D eigenvalue weighted by Gasteiger charge is 2.16. The summed E-state index contributed by atoms with van der Waals surface area (Å²) in [5, 5.41) is 14.1. The molecule has 0 radical (unpaired) electrons. The molecule has 2 rings (SSSR count). The van der Waals surface area contributed by atoms with Crippen LogP contribution in [0.3, 0.4) is 0 Å². The van der Waals surface area contributed by atoms with Gasteiger partial charge in [0.2, 0.25) is 5.91 Å². The number of aryl methyl sites for hydroxylation is 1. The summed E-state index contributed by atoms with van der Waals surface area (Å²) < 4.78 is 33.4. The van der Waals surface area contributed by atoms with E-state index in [2.05, 4.69) is 15.2 Å². The zero-order chi connectivity index (χ0) is 23.1. The van der Waals surface area contributed by atoms with Gasteiger partial charge in [0, 0.05) is 30.3 Å². The SMILES string of the molecule is COCC(C)n1c(C)cc(/C=C(/C#N)C(=O)NCC(=O)Nc2ccc(F)c(F)c2)c1C. The fourth-order valence-electron chi connectivity index (χ4n) is 3.28. The number of aromatic nitrogens is 1. The van der Waals surface area contributed by atoms with Crippen LogP contribution in [0.5, 0.6) is 0 Å². The average molecular weight is 430 g/mol. The van der Waals surface area contributed by atoms with Crippen molar-refractivity contribution >= 4 is 23.6 Å². The first-order chi connectivity index (χ1) is 14.7. The number of rotatable bonds is 8. The summed E-state index contributed by atoms with van der Waals surface area (Å²) in [6.45, 7) is 5.87. The number of nitrogens with one attached hydrogen (secondary N) is 2. The number of benzene rings is 1. The number of methoxy groups -OCH3 is 1. The Labute approximate surface area is 179 Å². The lowest BCUT2D eigenvalue weighted by Crippen LogP contribution is -2.33. The standard InChI is InChI=1S/C22H24F2N4O3/c1-13-7-16(15(3)28(13)14(2)12-31-4)8-17(10-25)22(30)26-11-21(29)27-18-5-6-19(23)20(24)9-18/h5-9,14H,11-12H2,1-4H3,(H,26,30)(H,27,29)/b17-8-. The molecule has 1 heterocycles. The summed E-state index contributed by atoms with van der Waals surface area (Å²) in [4.78, 5) is 24.3. The number of anilines is 1. The van der Waals surface area contributed by atoms with Crippen molar-refractivity contribution in [3.05, 3.63) is 58.4 Å². The molecule has 2 amide bonds. The second kappa shape index (κ2) is 10.5. The molecule has 2 N–H and O–H groups in total. The van der Waals surface area contributed by atoms with Crippen molar-refractivity contribution in [2.75, 3.05) is 25.6 Å². The molecule has 1 unspecified atom stereocenters. The highest BCUT2D eigenvalue weighted by Crippen LogP contribution is 2.22. The Morgan fingerprint density at radius 3 is 2.58 bits per heavy atom. The highest BCUT2D eigenvalue weighted by atomic mass is 19.2. The van der Waals surface area contributed by atoms with Gasteiger partial charge in [-0.25, -0.2) is 8.78 Å². The molecule has 0 saturated carbocycles. The van der Waals surface area contributed by atoms with Crippen molar-refractivity contribution in [3.8, 4) is 6.07 Å². The quantitative estimate of drug-likeness (QED) is 0.496. The molecule has 1 atom stereocenters. The molecule has 0 aliphatic rings. The predicted molar refractivity (Wildman–Crippen MR) is 112 cm³/mol. The smallest absolute Gasteiger partial charge is 0.262 e. The van der Waals surface area contributed by atoms with Crippen LogP contribution in [0.1, 0.15) is 29.9 Å². The lowest BCUT2D eigenvalue weighted by Gasteiger charge is -2.17. The number of ether oxygens (including phenoxy) is 1. The first-order valence-electron chi connectivity index (χ1n) is 9.50. The lowest BCUT2D eigenvalue weighted by atomic mass is 10.1. The Hall–Kier alpha value is -3.51. The predicted octanol–water partition coefficient (Wildman–Crippen LogP) is 3.25. The maximum absolute atomic E-state index is 13.2. The molecule has 0 aliphatic heterocycles. The Balaban J connectivity index is 2.07. The van der Waals surface area contributed by atoms with E-state index in [4.69, 9.17) is 4.74 Å². The molecular formula is C22H24F2N4O3. The van der Waals surface area contributed by atoms with Gasteiger partial charge >= 0.3 is 0 Å². The minimum atomic E-state index is -1.10. The number of carbonyl (C=O) groups excluding carboxylic acids is 2. The number of nitrogens with zero attached hydrogens (tertiary/aromatic N) is 2. The maximum atomic E-state index is 13.2. The van der Waals surface area contributed by atoms with Crippen molar-refractivity contribution < 1.29 is 23.1 Å². The number of amides is 2. The topological polar surface area (TPSA) is 96.2 Å². The number of nitriles is 1. The number of hydrogen-bond acceptors (Lipinski definition) is 4. The molecule has 7 nitrogen and oxygen atoms in total. The molecule has 1 aromatic carbocycles. The van der Waals surface area contributed by atoms with E-state index in [1.54, 1.807) is 7.11 Å². The molecule has 164 valence electrons. The summed E-state index contributed by atoms with van der Waals surface area (Å²) in [5.41, 5.74) is 2.42. The summed E-state index contributed by atoms with van der Waals surface area (Å²) in [5.74, 6) is -3.51. The van der Waals surface area contributed by atoms with Crippen LogP contribution < -0.4 is 10.6 Å². The van der Waals surface area contributed by atoms with E-state index in [0.29, 0.717) is 12.2 Å². The van der Waals surface area contributed by atoms with Crippen molar-refractivity contribution in [1.82, 2.24) is 9.88 Å². The normalized spacial score (nSPS) is 12.2. The fraction of sp³-hybridized carbons (Fsp3) is 0.318. The summed E-state index contributed by atoms with van der Waals surface area (Å²) in [6.07, 6.45) is 1.46. The van der Waals surface area contributed by atoms with E-state index in [1.807, 2.05) is 32.9 Å². The Morgan fingerprint density at radius 2 is 1.97 bits per heavy atom. The molecule has 0 fully saturated rings. The molecule has 0 spiro atoms. The maximum Gasteiger partial charge on any atom is 0.262 e. The Kier molecular flexibility index (Phi) is 8.05. The first kappa shape index (κ1) is 23.8. The van der Waals surface area contributed by atoms with E-state index in [1.165, 1.54) is 12.1 Å². The van der Waals surface area contributed by atoms with Gasteiger partial charge in [-0.15, -0.1) is 0 Å². The van der Waals surface area contributed by atoms with Gasteiger partial charge in [0.05, 0.1) is 19.2 Å². The van der Waals surface area contributed by atoms with Gasteiger partial charge in [0.1, 0.15) is 11.6 Å². The first-order valence-corrected chi connectivity index (χ1v) is 9.50. The third-order valence-electron chi connectivity index (χ3n) is 4.65. The van der Waals surface area contributed by atoms with E-state index in [0.717, 1.165) is 23.5 Å². The van der Waals surface area contributed by atoms with Gasteiger partial charge in [-0.3, -0.25) is 9.59 Å². The second-order valence-corrected chi connectivity index (χ2v) is 7.03. The van der Waals surface area contributed by atoms with E-state index < -0.39 is 30.0 Å². The number of carbonyl (C=O) groups is 2. The largest absolute Gasteiger partial charge is 0.383 e. The minimum absolute atomic E-state index is 0.0480. The lowest BCUT2D eigenvalue weighted by molar-refractivity contribution is -0.121. The summed E-state index contributed by atoms with van der Waals surface area (Å²) in [6, 6.07) is 6.68. The van der Waals surface area contributed by atoms with Crippen LogP contribution >= 0.6 is 0 Å². The van der Waals surface area contributed by atoms with E-state index in [-0.39, 0.29) is 17.3 Å².